The van der Waals surface area contributed by atoms with Gasteiger partial charge >= 0.3 is 12.1 Å². The topological polar surface area (TPSA) is 55.8 Å². The summed E-state index contributed by atoms with van der Waals surface area (Å²) in [7, 11) is 0. The van der Waals surface area contributed by atoms with E-state index in [1.807, 2.05) is 44.2 Å². The molecule has 0 spiro atoms. The van der Waals surface area contributed by atoms with E-state index in [0.717, 1.165) is 5.56 Å². The van der Waals surface area contributed by atoms with E-state index in [2.05, 4.69) is 0 Å². The van der Waals surface area contributed by atoms with E-state index < -0.39 is 0 Å². The summed E-state index contributed by atoms with van der Waals surface area (Å²) in [6, 6.07) is 9.62. The summed E-state index contributed by atoms with van der Waals surface area (Å²) >= 11 is 0. The molecule has 5 heteroatoms. The molecule has 2 rings (SSSR count). The van der Waals surface area contributed by atoms with Crippen LogP contribution < -0.4 is 0 Å². The molecule has 1 saturated heterocycles. The molecule has 3 atom stereocenters. The number of ether oxygens (including phenoxy) is 2. The van der Waals surface area contributed by atoms with Crippen LogP contribution in [-0.2, 0) is 14.3 Å². The largest absolute Gasteiger partial charge is 0.466 e. The summed E-state index contributed by atoms with van der Waals surface area (Å²) in [5.74, 6) is -0.487. The minimum Gasteiger partial charge on any atom is -0.466 e. The molecule has 0 aliphatic carbocycles. The van der Waals surface area contributed by atoms with Crippen LogP contribution in [0.25, 0.3) is 0 Å². The summed E-state index contributed by atoms with van der Waals surface area (Å²) in [5.41, 5.74) is 1.05. The second kappa shape index (κ2) is 7.29. The van der Waals surface area contributed by atoms with Crippen LogP contribution in [0.4, 0.5) is 4.79 Å². The minimum absolute atomic E-state index is 0.0874. The SMILES string of the molecule is CCOC(=O)[C@H](C)C[C@@H]1COC(=O)N1[C@@H](C)c1ccccc1. The summed E-state index contributed by atoms with van der Waals surface area (Å²) in [6.07, 6.45) is 0.222. The van der Waals surface area contributed by atoms with Crippen LogP contribution in [-0.4, -0.2) is 36.2 Å². The Morgan fingerprint density at radius 3 is 2.68 bits per heavy atom. The number of carbonyl (C=O) groups excluding carboxylic acids is 2. The van der Waals surface area contributed by atoms with Crippen molar-refractivity contribution in [1.82, 2.24) is 4.90 Å². The average molecular weight is 305 g/mol. The first-order valence-electron chi connectivity index (χ1n) is 7.71. The number of hydrogen-bond donors (Lipinski definition) is 0. The lowest BCUT2D eigenvalue weighted by atomic mass is 9.99. The van der Waals surface area contributed by atoms with Crippen molar-refractivity contribution in [3.63, 3.8) is 0 Å². The molecular weight excluding hydrogens is 282 g/mol. The van der Waals surface area contributed by atoms with Gasteiger partial charge in [0.25, 0.3) is 0 Å². The number of carbonyl (C=O) groups is 2. The van der Waals surface area contributed by atoms with Crippen molar-refractivity contribution in [3.05, 3.63) is 35.9 Å². The van der Waals surface area contributed by atoms with Crippen LogP contribution in [0.15, 0.2) is 30.3 Å². The molecule has 1 fully saturated rings. The molecule has 0 unspecified atom stereocenters. The number of cyclic esters (lactones) is 1. The Morgan fingerprint density at radius 2 is 2.05 bits per heavy atom. The van der Waals surface area contributed by atoms with Gasteiger partial charge in [0, 0.05) is 0 Å². The number of amides is 1. The first kappa shape index (κ1) is 16.3. The third-order valence-electron chi connectivity index (χ3n) is 4.02. The molecule has 1 aromatic rings. The van der Waals surface area contributed by atoms with Gasteiger partial charge in [-0.3, -0.25) is 9.69 Å². The first-order chi connectivity index (χ1) is 10.5. The van der Waals surface area contributed by atoms with E-state index in [1.165, 1.54) is 0 Å². The zero-order chi connectivity index (χ0) is 16.1. The van der Waals surface area contributed by atoms with Crippen molar-refractivity contribution in [2.75, 3.05) is 13.2 Å². The third kappa shape index (κ3) is 3.59. The standard InChI is InChI=1S/C17H23NO4/c1-4-21-16(19)12(2)10-15-11-22-17(20)18(15)13(3)14-8-6-5-7-9-14/h5-9,12-13,15H,4,10-11H2,1-3H3/t12-,13+,15-/m1/s1. The zero-order valence-electron chi connectivity index (χ0n) is 13.3. The van der Waals surface area contributed by atoms with Crippen LogP contribution in [0.3, 0.4) is 0 Å². The molecule has 1 amide bonds. The van der Waals surface area contributed by atoms with Crippen molar-refractivity contribution >= 4 is 12.1 Å². The van der Waals surface area contributed by atoms with Gasteiger partial charge in [-0.05, 0) is 25.8 Å². The number of rotatable bonds is 6. The van der Waals surface area contributed by atoms with Gasteiger partial charge < -0.3 is 9.47 Å². The number of benzene rings is 1. The second-order valence-corrected chi connectivity index (χ2v) is 5.61. The molecule has 0 radical (unpaired) electrons. The highest BCUT2D eigenvalue weighted by Crippen LogP contribution is 2.30. The first-order valence-corrected chi connectivity index (χ1v) is 7.71. The van der Waals surface area contributed by atoms with Crippen molar-refractivity contribution in [2.24, 2.45) is 5.92 Å². The van der Waals surface area contributed by atoms with Crippen molar-refractivity contribution in [1.29, 1.82) is 0 Å². The highest BCUT2D eigenvalue weighted by molar-refractivity contribution is 5.73. The monoisotopic (exact) mass is 305 g/mol. The van der Waals surface area contributed by atoms with Crippen molar-refractivity contribution < 1.29 is 19.1 Å². The molecule has 1 aliphatic heterocycles. The molecule has 0 aromatic heterocycles. The Balaban J connectivity index is 2.08. The summed E-state index contributed by atoms with van der Waals surface area (Å²) in [5, 5.41) is 0. The van der Waals surface area contributed by atoms with Gasteiger partial charge in [0.1, 0.15) is 6.61 Å². The van der Waals surface area contributed by atoms with Gasteiger partial charge in [-0.1, -0.05) is 37.3 Å². The van der Waals surface area contributed by atoms with E-state index in [9.17, 15) is 9.59 Å². The molecule has 5 nitrogen and oxygen atoms in total. The zero-order valence-corrected chi connectivity index (χ0v) is 13.3. The third-order valence-corrected chi connectivity index (χ3v) is 4.02. The van der Waals surface area contributed by atoms with Crippen LogP contribution >= 0.6 is 0 Å². The lowest BCUT2D eigenvalue weighted by Crippen LogP contribution is -2.38. The van der Waals surface area contributed by atoms with Crippen LogP contribution in [0, 0.1) is 5.92 Å². The van der Waals surface area contributed by atoms with Crippen LogP contribution in [0.1, 0.15) is 38.8 Å². The molecule has 1 heterocycles. The van der Waals surface area contributed by atoms with Crippen LogP contribution in [0.5, 0.6) is 0 Å². The fraction of sp³-hybridized carbons (Fsp3) is 0.529. The normalized spacial score (nSPS) is 20.4. The molecule has 22 heavy (non-hydrogen) atoms. The van der Waals surface area contributed by atoms with Crippen molar-refractivity contribution in [2.45, 2.75) is 39.3 Å². The number of nitrogens with zero attached hydrogens (tertiary/aromatic N) is 1. The maximum absolute atomic E-state index is 12.1. The maximum atomic E-state index is 12.1. The maximum Gasteiger partial charge on any atom is 0.410 e. The smallest absolute Gasteiger partial charge is 0.410 e. The molecule has 1 aromatic carbocycles. The fourth-order valence-electron chi connectivity index (χ4n) is 2.81. The number of hydrogen-bond acceptors (Lipinski definition) is 4. The highest BCUT2D eigenvalue weighted by atomic mass is 16.6. The molecule has 1 aliphatic rings. The summed E-state index contributed by atoms with van der Waals surface area (Å²) in [4.78, 5) is 25.6. The summed E-state index contributed by atoms with van der Waals surface area (Å²) < 4.78 is 10.2. The molecule has 0 N–H and O–H groups in total. The van der Waals surface area contributed by atoms with Gasteiger partial charge in [-0.25, -0.2) is 4.79 Å². The van der Waals surface area contributed by atoms with Gasteiger partial charge in [0.15, 0.2) is 0 Å². The van der Waals surface area contributed by atoms with E-state index in [0.29, 0.717) is 19.6 Å². The number of esters is 1. The Morgan fingerprint density at radius 1 is 1.36 bits per heavy atom. The Kier molecular flexibility index (Phi) is 5.41. The molecule has 120 valence electrons. The van der Waals surface area contributed by atoms with E-state index in [-0.39, 0.29) is 30.1 Å². The quantitative estimate of drug-likeness (QED) is 0.758. The van der Waals surface area contributed by atoms with E-state index in [4.69, 9.17) is 9.47 Å². The lowest BCUT2D eigenvalue weighted by Gasteiger charge is -2.29. The van der Waals surface area contributed by atoms with Gasteiger partial charge in [-0.15, -0.1) is 0 Å². The van der Waals surface area contributed by atoms with E-state index >= 15 is 0 Å². The van der Waals surface area contributed by atoms with Crippen LogP contribution in [0.2, 0.25) is 0 Å². The Hall–Kier alpha value is -2.04. The predicted molar refractivity (Wildman–Crippen MR) is 82.2 cm³/mol. The van der Waals surface area contributed by atoms with Crippen molar-refractivity contribution in [3.8, 4) is 0 Å². The molecular formula is C17H23NO4. The van der Waals surface area contributed by atoms with E-state index in [1.54, 1.807) is 11.8 Å². The molecule has 0 saturated carbocycles. The predicted octanol–water partition coefficient (Wildman–Crippen LogP) is 3.16. The second-order valence-electron chi connectivity index (χ2n) is 5.61. The fourth-order valence-corrected chi connectivity index (χ4v) is 2.81. The highest BCUT2D eigenvalue weighted by Gasteiger charge is 2.38. The Labute approximate surface area is 131 Å². The Bertz CT molecular complexity index is 517. The van der Waals surface area contributed by atoms with Gasteiger partial charge in [-0.2, -0.15) is 0 Å². The summed E-state index contributed by atoms with van der Waals surface area (Å²) in [6.45, 7) is 6.28. The van der Waals surface area contributed by atoms with Gasteiger partial charge in [0.05, 0.1) is 24.6 Å². The lowest BCUT2D eigenvalue weighted by molar-refractivity contribution is -0.148. The average Bonchev–Trinajstić information content (AvgIpc) is 2.88. The van der Waals surface area contributed by atoms with Gasteiger partial charge in [0.2, 0.25) is 0 Å². The molecule has 0 bridgehead atoms. The minimum atomic E-state index is -0.322.